The first-order valence-corrected chi connectivity index (χ1v) is 11.7. The maximum atomic E-state index is 12.4. The number of halogens is 1. The second-order valence-corrected chi connectivity index (χ2v) is 9.90. The second-order valence-electron chi connectivity index (χ2n) is 8.35. The molecule has 1 aromatic heterocycles. The molecule has 7 nitrogen and oxygen atoms in total. The van der Waals surface area contributed by atoms with E-state index in [0.29, 0.717) is 35.7 Å². The summed E-state index contributed by atoms with van der Waals surface area (Å²) in [6, 6.07) is 9.15. The van der Waals surface area contributed by atoms with Crippen molar-refractivity contribution < 1.29 is 14.5 Å². The van der Waals surface area contributed by atoms with Crippen LogP contribution < -0.4 is 4.74 Å². The number of amides is 1. The van der Waals surface area contributed by atoms with E-state index in [1.165, 1.54) is 11.3 Å². The molecule has 1 saturated carbocycles. The quantitative estimate of drug-likeness (QED) is 0.402. The Balaban J connectivity index is 1.45. The van der Waals surface area contributed by atoms with Crippen LogP contribution in [-0.4, -0.2) is 47.4 Å². The number of nitrogens with zero attached hydrogens (tertiary/aromatic N) is 3. The molecule has 9 heteroatoms. The number of methoxy groups -OCH3 is 1. The molecule has 1 aliphatic carbocycles. The Bertz CT molecular complexity index is 962. The smallest absolute Gasteiger partial charge is 0.324 e. The molecular weight excluding hydrogens is 438 g/mol. The van der Waals surface area contributed by atoms with Crippen LogP contribution in [0.2, 0.25) is 5.02 Å². The monoisotopic (exact) mass is 463 g/mol. The fraction of sp³-hybridized carbons (Fsp3) is 0.500. The average Bonchev–Trinajstić information content (AvgIpc) is 3.30. The highest BCUT2D eigenvalue weighted by Crippen LogP contribution is 2.33. The molecule has 0 bridgehead atoms. The van der Waals surface area contributed by atoms with Crippen molar-refractivity contribution in [2.75, 3.05) is 26.7 Å². The standard InChI is InChI=1S/C22H26ClN3O4S/c1-30-20-6-2-15(10-19(20)23)11-24(14-18-5-7-21(31-18)26(28)29)12-16-8-9-25(13-16)22(27)17-3-4-17/h2,5-7,10,16-17H,3-4,8-9,11-14H2,1H3. The van der Waals surface area contributed by atoms with Gasteiger partial charge in [0.1, 0.15) is 5.75 Å². The Kier molecular flexibility index (Phi) is 6.79. The fourth-order valence-electron chi connectivity index (χ4n) is 4.16. The van der Waals surface area contributed by atoms with Gasteiger partial charge in [0.05, 0.1) is 17.1 Å². The van der Waals surface area contributed by atoms with Crippen molar-refractivity contribution in [1.82, 2.24) is 9.80 Å². The lowest BCUT2D eigenvalue weighted by molar-refractivity contribution is -0.380. The highest BCUT2D eigenvalue weighted by Gasteiger charge is 2.36. The highest BCUT2D eigenvalue weighted by molar-refractivity contribution is 7.15. The first-order chi connectivity index (χ1) is 14.9. The summed E-state index contributed by atoms with van der Waals surface area (Å²) in [5.74, 6) is 1.59. The van der Waals surface area contributed by atoms with Crippen LogP contribution >= 0.6 is 22.9 Å². The zero-order valence-corrected chi connectivity index (χ0v) is 19.0. The molecule has 4 rings (SSSR count). The molecular formula is C22H26ClN3O4S. The van der Waals surface area contributed by atoms with Crippen molar-refractivity contribution >= 4 is 33.8 Å². The third kappa shape index (κ3) is 5.56. The molecule has 0 radical (unpaired) electrons. The summed E-state index contributed by atoms with van der Waals surface area (Å²) in [5, 5.41) is 11.8. The second kappa shape index (κ2) is 9.54. The number of hydrogen-bond donors (Lipinski definition) is 0. The average molecular weight is 464 g/mol. The Labute approximate surface area is 190 Å². The predicted octanol–water partition coefficient (Wildman–Crippen LogP) is 4.58. The lowest BCUT2D eigenvalue weighted by Gasteiger charge is -2.25. The summed E-state index contributed by atoms with van der Waals surface area (Å²) < 4.78 is 5.25. The van der Waals surface area contributed by atoms with Gasteiger partial charge in [-0.25, -0.2) is 0 Å². The molecule has 1 aliphatic heterocycles. The highest BCUT2D eigenvalue weighted by atomic mass is 35.5. The summed E-state index contributed by atoms with van der Waals surface area (Å²) >= 11 is 7.52. The topological polar surface area (TPSA) is 75.9 Å². The molecule has 166 valence electrons. The van der Waals surface area contributed by atoms with Gasteiger partial charge in [-0.15, -0.1) is 0 Å². The summed E-state index contributed by atoms with van der Waals surface area (Å²) in [7, 11) is 1.59. The normalized spacial score (nSPS) is 18.5. The van der Waals surface area contributed by atoms with Crippen LogP contribution in [0.1, 0.15) is 29.7 Å². The Morgan fingerprint density at radius 1 is 1.29 bits per heavy atom. The first-order valence-electron chi connectivity index (χ1n) is 10.5. The third-order valence-electron chi connectivity index (χ3n) is 5.87. The minimum atomic E-state index is -0.347. The molecule has 0 N–H and O–H groups in total. The molecule has 1 unspecified atom stereocenters. The van der Waals surface area contributed by atoms with Crippen LogP contribution in [0.25, 0.3) is 0 Å². The minimum absolute atomic E-state index is 0.157. The van der Waals surface area contributed by atoms with Gasteiger partial charge in [0.15, 0.2) is 0 Å². The van der Waals surface area contributed by atoms with Gasteiger partial charge in [-0.2, -0.15) is 0 Å². The third-order valence-corrected chi connectivity index (χ3v) is 7.19. The predicted molar refractivity (Wildman–Crippen MR) is 121 cm³/mol. The van der Waals surface area contributed by atoms with Crippen molar-refractivity contribution in [2.24, 2.45) is 11.8 Å². The number of rotatable bonds is 9. The van der Waals surface area contributed by atoms with E-state index < -0.39 is 0 Å². The number of ether oxygens (including phenoxy) is 1. The van der Waals surface area contributed by atoms with Crippen molar-refractivity contribution in [2.45, 2.75) is 32.4 Å². The Morgan fingerprint density at radius 3 is 2.74 bits per heavy atom. The van der Waals surface area contributed by atoms with Crippen LogP contribution in [0.3, 0.4) is 0 Å². The minimum Gasteiger partial charge on any atom is -0.495 e. The van der Waals surface area contributed by atoms with Crippen molar-refractivity contribution in [3.05, 3.63) is 55.9 Å². The summed E-state index contributed by atoms with van der Waals surface area (Å²) in [6.45, 7) is 3.73. The lowest BCUT2D eigenvalue weighted by atomic mass is 10.1. The van der Waals surface area contributed by atoms with E-state index >= 15 is 0 Å². The van der Waals surface area contributed by atoms with Gasteiger partial charge in [0.25, 0.3) is 0 Å². The van der Waals surface area contributed by atoms with Gasteiger partial charge in [-0.05, 0) is 48.9 Å². The number of thiophene rings is 1. The van der Waals surface area contributed by atoms with E-state index in [2.05, 4.69) is 4.90 Å². The van der Waals surface area contributed by atoms with Crippen molar-refractivity contribution in [1.29, 1.82) is 0 Å². The number of hydrogen-bond acceptors (Lipinski definition) is 6. The Morgan fingerprint density at radius 2 is 2.10 bits per heavy atom. The molecule has 0 spiro atoms. The van der Waals surface area contributed by atoms with Crippen LogP contribution in [0.5, 0.6) is 5.75 Å². The molecule has 1 saturated heterocycles. The van der Waals surface area contributed by atoms with Crippen molar-refractivity contribution in [3.8, 4) is 5.75 Å². The largest absolute Gasteiger partial charge is 0.495 e. The summed E-state index contributed by atoms with van der Waals surface area (Å²) in [5.41, 5.74) is 1.06. The summed E-state index contributed by atoms with van der Waals surface area (Å²) in [4.78, 5) is 28.4. The van der Waals surface area contributed by atoms with E-state index in [1.54, 1.807) is 13.2 Å². The SMILES string of the molecule is COc1ccc(CN(Cc2ccc([N+](=O)[O-])s2)CC2CCN(C(=O)C3CC3)C2)cc1Cl. The van der Waals surface area contributed by atoms with E-state index in [-0.39, 0.29) is 15.8 Å². The van der Waals surface area contributed by atoms with Gasteiger partial charge >= 0.3 is 5.00 Å². The van der Waals surface area contributed by atoms with Gasteiger partial charge in [-0.3, -0.25) is 19.8 Å². The van der Waals surface area contributed by atoms with Crippen molar-refractivity contribution in [3.63, 3.8) is 0 Å². The number of carbonyl (C=O) groups excluding carboxylic acids is 1. The van der Waals surface area contributed by atoms with E-state index in [4.69, 9.17) is 16.3 Å². The number of likely N-dealkylation sites (tertiary alicyclic amines) is 1. The Hall–Kier alpha value is -2.16. The van der Waals surface area contributed by atoms with Crippen LogP contribution in [0, 0.1) is 22.0 Å². The molecule has 2 aromatic rings. The molecule has 2 fully saturated rings. The first kappa shape index (κ1) is 22.0. The van der Waals surface area contributed by atoms with E-state index in [1.807, 2.05) is 29.2 Å². The van der Waals surface area contributed by atoms with E-state index in [0.717, 1.165) is 49.3 Å². The molecule has 1 amide bonds. The molecule has 2 heterocycles. The maximum absolute atomic E-state index is 12.4. The molecule has 1 aromatic carbocycles. The van der Waals surface area contributed by atoms with Crippen LogP contribution in [0.4, 0.5) is 5.00 Å². The van der Waals surface area contributed by atoms with Crippen LogP contribution in [0.15, 0.2) is 30.3 Å². The molecule has 31 heavy (non-hydrogen) atoms. The number of carbonyl (C=O) groups is 1. The zero-order chi connectivity index (χ0) is 22.0. The summed E-state index contributed by atoms with van der Waals surface area (Å²) in [6.07, 6.45) is 3.05. The van der Waals surface area contributed by atoms with E-state index in [9.17, 15) is 14.9 Å². The maximum Gasteiger partial charge on any atom is 0.324 e. The van der Waals surface area contributed by atoms with Crippen LogP contribution in [-0.2, 0) is 17.9 Å². The zero-order valence-electron chi connectivity index (χ0n) is 17.5. The molecule has 2 aliphatic rings. The number of nitro groups is 1. The molecule has 1 atom stereocenters. The fourth-order valence-corrected chi connectivity index (χ4v) is 5.30. The van der Waals surface area contributed by atoms with Gasteiger partial charge in [0.2, 0.25) is 5.91 Å². The van der Waals surface area contributed by atoms with Gasteiger partial charge < -0.3 is 9.64 Å². The van der Waals surface area contributed by atoms with Gasteiger partial charge in [0, 0.05) is 49.6 Å². The lowest BCUT2D eigenvalue weighted by Crippen LogP contribution is -2.33. The number of benzene rings is 1. The van der Waals surface area contributed by atoms with Gasteiger partial charge in [-0.1, -0.05) is 29.0 Å².